The quantitative estimate of drug-likeness (QED) is 0.493. The Morgan fingerprint density at radius 3 is 2.68 bits per heavy atom. The normalized spacial score (nSPS) is 12.3. The molecule has 0 aliphatic heterocycles. The number of anilines is 1. The van der Waals surface area contributed by atoms with E-state index in [0.717, 1.165) is 12.8 Å². The van der Waals surface area contributed by atoms with Gasteiger partial charge in [-0.1, -0.05) is 25.5 Å². The molecule has 0 aliphatic rings. The van der Waals surface area contributed by atoms with Crippen molar-refractivity contribution in [1.82, 2.24) is 0 Å². The molecule has 0 saturated heterocycles. The molecule has 0 fully saturated rings. The summed E-state index contributed by atoms with van der Waals surface area (Å²) in [5, 5.41) is 2.59. The minimum atomic E-state index is -4.74. The van der Waals surface area contributed by atoms with E-state index in [2.05, 4.69) is 15.0 Å². The number of rotatable bonds is 5. The molecule has 0 amide bonds. The lowest BCUT2D eigenvalue weighted by molar-refractivity contribution is -0.274. The van der Waals surface area contributed by atoms with Gasteiger partial charge in [0.1, 0.15) is 0 Å². The highest BCUT2D eigenvalue weighted by Crippen LogP contribution is 2.29. The van der Waals surface area contributed by atoms with Gasteiger partial charge in [-0.3, -0.25) is 4.99 Å². The second-order valence-corrected chi connectivity index (χ2v) is 3.79. The van der Waals surface area contributed by atoms with Crippen LogP contribution in [0, 0.1) is 0 Å². The molecule has 0 saturated carbocycles. The van der Waals surface area contributed by atoms with Crippen molar-refractivity contribution in [2.45, 2.75) is 26.1 Å². The average molecular weight is 275 g/mol. The van der Waals surface area contributed by atoms with Gasteiger partial charge in [-0.15, -0.1) is 13.2 Å². The van der Waals surface area contributed by atoms with E-state index in [9.17, 15) is 13.2 Å². The number of halogens is 3. The van der Waals surface area contributed by atoms with Crippen LogP contribution in [0.3, 0.4) is 0 Å². The van der Waals surface area contributed by atoms with Crippen LogP contribution < -0.4 is 15.8 Å². The number of hydrogen-bond donors (Lipinski definition) is 2. The lowest BCUT2D eigenvalue weighted by Gasteiger charge is -2.14. The molecule has 106 valence electrons. The Labute approximate surface area is 109 Å². The van der Waals surface area contributed by atoms with Crippen LogP contribution in [0.15, 0.2) is 29.3 Å². The number of nitrogens with one attached hydrogen (secondary N) is 1. The van der Waals surface area contributed by atoms with Gasteiger partial charge >= 0.3 is 6.36 Å². The van der Waals surface area contributed by atoms with E-state index in [1.807, 2.05) is 6.92 Å². The summed E-state index contributed by atoms with van der Waals surface area (Å²) in [4.78, 5) is 3.99. The number of para-hydroxylation sites is 2. The highest BCUT2D eigenvalue weighted by molar-refractivity contribution is 5.93. The number of alkyl halides is 3. The van der Waals surface area contributed by atoms with E-state index in [-0.39, 0.29) is 17.4 Å². The summed E-state index contributed by atoms with van der Waals surface area (Å²) >= 11 is 0. The van der Waals surface area contributed by atoms with Gasteiger partial charge in [0.05, 0.1) is 5.69 Å². The molecule has 1 rings (SSSR count). The maximum atomic E-state index is 12.2. The predicted octanol–water partition coefficient (Wildman–Crippen LogP) is 3.11. The fourth-order valence-corrected chi connectivity index (χ4v) is 1.32. The van der Waals surface area contributed by atoms with Crippen molar-refractivity contribution < 1.29 is 17.9 Å². The first-order valence-corrected chi connectivity index (χ1v) is 5.84. The van der Waals surface area contributed by atoms with Crippen LogP contribution in [0.25, 0.3) is 0 Å². The van der Waals surface area contributed by atoms with Crippen molar-refractivity contribution in [3.63, 3.8) is 0 Å². The van der Waals surface area contributed by atoms with Gasteiger partial charge in [0.2, 0.25) is 0 Å². The van der Waals surface area contributed by atoms with Crippen LogP contribution in [-0.2, 0) is 0 Å². The van der Waals surface area contributed by atoms with Gasteiger partial charge in [-0.2, -0.15) is 0 Å². The minimum absolute atomic E-state index is 0.0617. The lowest BCUT2D eigenvalue weighted by Crippen LogP contribution is -2.24. The molecule has 0 radical (unpaired) electrons. The summed E-state index contributed by atoms with van der Waals surface area (Å²) in [7, 11) is 0. The highest BCUT2D eigenvalue weighted by atomic mass is 19.4. The number of guanidine groups is 1. The van der Waals surface area contributed by atoms with E-state index in [4.69, 9.17) is 5.73 Å². The molecule has 0 aromatic heterocycles. The summed E-state index contributed by atoms with van der Waals surface area (Å²) in [6, 6.07) is 5.65. The van der Waals surface area contributed by atoms with Crippen molar-refractivity contribution in [1.29, 1.82) is 0 Å². The first kappa shape index (κ1) is 15.1. The van der Waals surface area contributed by atoms with Gasteiger partial charge < -0.3 is 15.8 Å². The van der Waals surface area contributed by atoms with Crippen LogP contribution in [0.1, 0.15) is 19.8 Å². The molecule has 4 nitrogen and oxygen atoms in total. The largest absolute Gasteiger partial charge is 0.573 e. The SMILES string of the molecule is CCCCN=C(N)Nc1ccccc1OC(F)(F)F. The summed E-state index contributed by atoms with van der Waals surface area (Å²) in [5.74, 6) is -0.282. The third-order valence-electron chi connectivity index (χ3n) is 2.17. The summed E-state index contributed by atoms with van der Waals surface area (Å²) in [6.07, 6.45) is -2.92. The second kappa shape index (κ2) is 6.86. The van der Waals surface area contributed by atoms with E-state index < -0.39 is 6.36 Å². The molecule has 0 atom stereocenters. The van der Waals surface area contributed by atoms with Crippen molar-refractivity contribution in [2.24, 2.45) is 10.7 Å². The molecular weight excluding hydrogens is 259 g/mol. The number of nitrogens with zero attached hydrogens (tertiary/aromatic N) is 1. The third kappa shape index (κ3) is 5.98. The van der Waals surface area contributed by atoms with Gasteiger partial charge in [0.25, 0.3) is 0 Å². The third-order valence-corrected chi connectivity index (χ3v) is 2.17. The van der Waals surface area contributed by atoms with Gasteiger partial charge in [0.15, 0.2) is 11.7 Å². The Kier molecular flexibility index (Phi) is 5.47. The first-order chi connectivity index (χ1) is 8.92. The average Bonchev–Trinajstić information content (AvgIpc) is 2.30. The van der Waals surface area contributed by atoms with Gasteiger partial charge in [0, 0.05) is 6.54 Å². The molecule has 3 N–H and O–H groups in total. The minimum Gasteiger partial charge on any atom is -0.404 e. The van der Waals surface area contributed by atoms with Crippen LogP contribution in [0.5, 0.6) is 5.75 Å². The Morgan fingerprint density at radius 2 is 2.05 bits per heavy atom. The van der Waals surface area contributed by atoms with Crippen molar-refractivity contribution in [2.75, 3.05) is 11.9 Å². The predicted molar refractivity (Wildman–Crippen MR) is 68.1 cm³/mol. The van der Waals surface area contributed by atoms with Gasteiger partial charge in [-0.05, 0) is 18.6 Å². The lowest BCUT2D eigenvalue weighted by atomic mass is 10.3. The standard InChI is InChI=1S/C12H16F3N3O/c1-2-3-8-17-11(16)18-9-6-4-5-7-10(9)19-12(13,14)15/h4-7H,2-3,8H2,1H3,(H3,16,17,18). The first-order valence-electron chi connectivity index (χ1n) is 5.84. The maximum absolute atomic E-state index is 12.2. The Balaban J connectivity index is 2.75. The number of nitrogens with two attached hydrogens (primary N) is 1. The molecule has 0 aliphatic carbocycles. The van der Waals surface area contributed by atoms with Crippen LogP contribution in [-0.4, -0.2) is 18.9 Å². The van der Waals surface area contributed by atoms with E-state index in [0.29, 0.717) is 6.54 Å². The van der Waals surface area contributed by atoms with Gasteiger partial charge in [-0.25, -0.2) is 0 Å². The van der Waals surface area contributed by atoms with Crippen molar-refractivity contribution >= 4 is 11.6 Å². The number of unbranched alkanes of at least 4 members (excludes halogenated alkanes) is 1. The zero-order valence-electron chi connectivity index (χ0n) is 10.5. The Bertz CT molecular complexity index is 432. The molecule has 1 aromatic rings. The molecular formula is C12H16F3N3O. The summed E-state index contributed by atoms with van der Waals surface area (Å²) in [5.41, 5.74) is 5.70. The summed E-state index contributed by atoms with van der Waals surface area (Å²) in [6.45, 7) is 2.53. The van der Waals surface area contributed by atoms with Crippen LogP contribution in [0.2, 0.25) is 0 Å². The van der Waals surface area contributed by atoms with Crippen molar-refractivity contribution in [3.05, 3.63) is 24.3 Å². The number of benzene rings is 1. The summed E-state index contributed by atoms with van der Waals surface area (Å²) < 4.78 is 40.5. The Hall–Kier alpha value is -1.92. The monoisotopic (exact) mass is 275 g/mol. The number of ether oxygens (including phenoxy) is 1. The van der Waals surface area contributed by atoms with E-state index >= 15 is 0 Å². The fourth-order valence-electron chi connectivity index (χ4n) is 1.32. The maximum Gasteiger partial charge on any atom is 0.573 e. The van der Waals surface area contributed by atoms with Crippen molar-refractivity contribution in [3.8, 4) is 5.75 Å². The van der Waals surface area contributed by atoms with E-state index in [1.165, 1.54) is 18.2 Å². The second-order valence-electron chi connectivity index (χ2n) is 3.79. The molecule has 0 spiro atoms. The molecule has 0 unspecified atom stereocenters. The topological polar surface area (TPSA) is 59.6 Å². The molecule has 0 heterocycles. The molecule has 19 heavy (non-hydrogen) atoms. The van der Waals surface area contributed by atoms with Crippen LogP contribution in [0.4, 0.5) is 18.9 Å². The Morgan fingerprint density at radius 1 is 1.37 bits per heavy atom. The molecule has 1 aromatic carbocycles. The highest BCUT2D eigenvalue weighted by Gasteiger charge is 2.32. The van der Waals surface area contributed by atoms with Crippen LogP contribution >= 0.6 is 0 Å². The number of hydrogen-bond acceptors (Lipinski definition) is 2. The smallest absolute Gasteiger partial charge is 0.404 e. The molecule has 7 heteroatoms. The zero-order valence-corrected chi connectivity index (χ0v) is 10.5. The zero-order chi connectivity index (χ0) is 14.3. The van der Waals surface area contributed by atoms with E-state index in [1.54, 1.807) is 6.07 Å². The molecule has 0 bridgehead atoms. The fraction of sp³-hybridized carbons (Fsp3) is 0.417. The number of aliphatic imine (C=N–C) groups is 1.